The lowest BCUT2D eigenvalue weighted by Crippen LogP contribution is -2.03. The van der Waals surface area contributed by atoms with Gasteiger partial charge in [-0.1, -0.05) is 60.7 Å². The Balaban J connectivity index is 1.97. The number of rotatable bonds is 8. The molecule has 0 aliphatic heterocycles. The molecule has 2 aromatic carbocycles. The maximum absolute atomic E-state index is 12.1. The van der Waals surface area contributed by atoms with E-state index in [4.69, 9.17) is 0 Å². The van der Waals surface area contributed by atoms with E-state index in [1.165, 1.54) is 0 Å². The smallest absolute Gasteiger partial charge is 0.167 e. The number of allylic oxidation sites excluding steroid dienone is 2. The van der Waals surface area contributed by atoms with Crippen molar-refractivity contribution in [1.82, 2.24) is 0 Å². The molecular weight excluding hydrogens is 304 g/mol. The minimum atomic E-state index is -0.185. The fourth-order valence-corrected chi connectivity index (χ4v) is 2.31. The molecule has 24 heavy (non-hydrogen) atoms. The van der Waals surface area contributed by atoms with Crippen molar-refractivity contribution in [3.05, 3.63) is 82.9 Å². The first-order valence-electron chi connectivity index (χ1n) is 7.47. The van der Waals surface area contributed by atoms with Gasteiger partial charge in [-0.15, -0.1) is 0 Å². The number of carbonyl (C=O) groups is 4. The highest BCUT2D eigenvalue weighted by atomic mass is 16.1. The van der Waals surface area contributed by atoms with E-state index < -0.39 is 0 Å². The minimum Gasteiger partial charge on any atom is -0.298 e. The molecule has 2 rings (SSSR count). The van der Waals surface area contributed by atoms with E-state index >= 15 is 0 Å². The van der Waals surface area contributed by atoms with Gasteiger partial charge in [0.1, 0.15) is 0 Å². The van der Waals surface area contributed by atoms with E-state index in [-0.39, 0.29) is 24.4 Å². The Labute approximate surface area is 139 Å². The largest absolute Gasteiger partial charge is 0.298 e. The summed E-state index contributed by atoms with van der Waals surface area (Å²) in [5.41, 5.74) is 1.45. The third kappa shape index (κ3) is 4.20. The summed E-state index contributed by atoms with van der Waals surface area (Å²) < 4.78 is 0. The van der Waals surface area contributed by atoms with Crippen molar-refractivity contribution in [2.45, 2.75) is 12.8 Å². The Morgan fingerprint density at radius 3 is 1.42 bits per heavy atom. The molecule has 0 fully saturated rings. The summed E-state index contributed by atoms with van der Waals surface area (Å²) in [7, 11) is 0. The van der Waals surface area contributed by atoms with Crippen molar-refractivity contribution < 1.29 is 19.2 Å². The maximum Gasteiger partial charge on any atom is 0.167 e. The molecule has 2 aromatic rings. The van der Waals surface area contributed by atoms with Crippen LogP contribution in [0.2, 0.25) is 0 Å². The Kier molecular flexibility index (Phi) is 6.08. The highest BCUT2D eigenvalue weighted by Crippen LogP contribution is 2.12. The van der Waals surface area contributed by atoms with E-state index in [1.54, 1.807) is 60.7 Å². The van der Waals surface area contributed by atoms with Crippen LogP contribution < -0.4 is 0 Å². The van der Waals surface area contributed by atoms with Gasteiger partial charge in [0.15, 0.2) is 24.1 Å². The molecule has 0 N–H and O–H groups in total. The van der Waals surface area contributed by atoms with E-state index in [9.17, 15) is 19.2 Å². The first kappa shape index (κ1) is 17.2. The summed E-state index contributed by atoms with van der Waals surface area (Å²) in [6, 6.07) is 13.2. The Morgan fingerprint density at radius 2 is 1.04 bits per heavy atom. The summed E-state index contributed by atoms with van der Waals surface area (Å²) >= 11 is 0. The van der Waals surface area contributed by atoms with Gasteiger partial charge in [-0.25, -0.2) is 0 Å². The van der Waals surface area contributed by atoms with Crippen molar-refractivity contribution in [1.29, 1.82) is 0 Å². The summed E-state index contributed by atoms with van der Waals surface area (Å²) in [4.78, 5) is 46.0. The van der Waals surface area contributed by atoms with Crippen molar-refractivity contribution in [3.8, 4) is 0 Å². The molecule has 0 atom stereocenters. The van der Waals surface area contributed by atoms with Crippen LogP contribution >= 0.6 is 0 Å². The highest BCUT2D eigenvalue weighted by molar-refractivity contribution is 6.04. The molecule has 0 radical (unpaired) electrons. The molecule has 0 spiro atoms. The number of ketones is 2. The standard InChI is InChI=1S/C20H16O4/c21-13-15-7-1-3-9-17(15)19(23)11-5-6-12-20(24)18-10-4-2-8-16(18)14-22/h1-10,13-14H,11-12H2/b6-5-. The van der Waals surface area contributed by atoms with Gasteiger partial charge in [0.05, 0.1) is 0 Å². The molecule has 4 nitrogen and oxygen atoms in total. The molecule has 120 valence electrons. The molecular formula is C20H16O4. The average molecular weight is 320 g/mol. The van der Waals surface area contributed by atoms with Gasteiger partial charge in [-0.3, -0.25) is 19.2 Å². The maximum atomic E-state index is 12.1. The van der Waals surface area contributed by atoms with Gasteiger partial charge < -0.3 is 0 Å². The lowest BCUT2D eigenvalue weighted by molar-refractivity contribution is 0.0979. The Hall–Kier alpha value is -3.14. The Bertz CT molecular complexity index is 735. The second-order valence-corrected chi connectivity index (χ2v) is 5.14. The van der Waals surface area contributed by atoms with Crippen LogP contribution in [0, 0.1) is 0 Å². The zero-order valence-electron chi connectivity index (χ0n) is 13.0. The molecule has 0 aromatic heterocycles. The SMILES string of the molecule is O=Cc1ccccc1C(=O)C/C=C\CC(=O)c1ccccc1C=O. The third-order valence-corrected chi connectivity index (χ3v) is 3.55. The fourth-order valence-electron chi connectivity index (χ4n) is 2.31. The van der Waals surface area contributed by atoms with Crippen LogP contribution in [0.5, 0.6) is 0 Å². The lowest BCUT2D eigenvalue weighted by Gasteiger charge is -2.02. The molecule has 0 saturated heterocycles. The van der Waals surface area contributed by atoms with Crippen molar-refractivity contribution in [2.24, 2.45) is 0 Å². The first-order chi connectivity index (χ1) is 11.7. The molecule has 0 aliphatic carbocycles. The number of benzene rings is 2. The lowest BCUT2D eigenvalue weighted by atomic mass is 10.0. The number of Topliss-reactive ketones (excluding diaryl/α,β-unsaturated/α-hetero) is 2. The van der Waals surface area contributed by atoms with E-state index in [0.29, 0.717) is 34.8 Å². The molecule has 4 heteroatoms. The molecule has 0 amide bonds. The average Bonchev–Trinajstić information content (AvgIpc) is 2.64. The molecule has 0 heterocycles. The van der Waals surface area contributed by atoms with E-state index in [1.807, 2.05) is 0 Å². The number of hydrogen-bond acceptors (Lipinski definition) is 4. The molecule has 0 bridgehead atoms. The van der Waals surface area contributed by atoms with Gasteiger partial charge in [-0.05, 0) is 0 Å². The minimum absolute atomic E-state index is 0.105. The zero-order valence-corrected chi connectivity index (χ0v) is 13.0. The van der Waals surface area contributed by atoms with Gasteiger partial charge >= 0.3 is 0 Å². The fraction of sp³-hybridized carbons (Fsp3) is 0.100. The predicted molar refractivity (Wildman–Crippen MR) is 90.7 cm³/mol. The third-order valence-electron chi connectivity index (χ3n) is 3.55. The molecule has 0 unspecified atom stereocenters. The monoisotopic (exact) mass is 320 g/mol. The zero-order chi connectivity index (χ0) is 17.4. The number of aldehydes is 2. The summed E-state index contributed by atoms with van der Waals surface area (Å²) in [6.45, 7) is 0. The van der Waals surface area contributed by atoms with Crippen LogP contribution in [0.25, 0.3) is 0 Å². The second kappa shape index (κ2) is 8.48. The van der Waals surface area contributed by atoms with E-state index in [2.05, 4.69) is 0 Å². The summed E-state index contributed by atoms with van der Waals surface area (Å²) in [5, 5.41) is 0. The molecule has 0 saturated carbocycles. The summed E-state index contributed by atoms with van der Waals surface area (Å²) in [5.74, 6) is -0.371. The number of carbonyl (C=O) groups excluding carboxylic acids is 4. The van der Waals surface area contributed by atoms with Crippen LogP contribution in [0.4, 0.5) is 0 Å². The van der Waals surface area contributed by atoms with Gasteiger partial charge in [0.2, 0.25) is 0 Å². The van der Waals surface area contributed by atoms with Crippen LogP contribution in [-0.2, 0) is 0 Å². The van der Waals surface area contributed by atoms with Crippen LogP contribution in [0.1, 0.15) is 54.3 Å². The van der Waals surface area contributed by atoms with Gasteiger partial charge in [-0.2, -0.15) is 0 Å². The van der Waals surface area contributed by atoms with E-state index in [0.717, 1.165) is 0 Å². The topological polar surface area (TPSA) is 68.3 Å². The quantitative estimate of drug-likeness (QED) is 0.422. The van der Waals surface area contributed by atoms with Gasteiger partial charge in [0, 0.05) is 35.1 Å². The highest BCUT2D eigenvalue weighted by Gasteiger charge is 2.10. The molecule has 0 aliphatic rings. The van der Waals surface area contributed by atoms with Crippen LogP contribution in [0.15, 0.2) is 60.7 Å². The summed E-state index contributed by atoms with van der Waals surface area (Å²) in [6.07, 6.45) is 4.71. The van der Waals surface area contributed by atoms with Crippen molar-refractivity contribution in [3.63, 3.8) is 0 Å². The van der Waals surface area contributed by atoms with Crippen LogP contribution in [-0.4, -0.2) is 24.1 Å². The predicted octanol–water partition coefficient (Wildman–Crippen LogP) is 3.71. The number of hydrogen-bond donors (Lipinski definition) is 0. The van der Waals surface area contributed by atoms with Crippen LogP contribution in [0.3, 0.4) is 0 Å². The van der Waals surface area contributed by atoms with Crippen molar-refractivity contribution >= 4 is 24.1 Å². The normalized spacial score (nSPS) is 10.5. The Morgan fingerprint density at radius 1 is 0.667 bits per heavy atom. The van der Waals surface area contributed by atoms with Crippen molar-refractivity contribution in [2.75, 3.05) is 0 Å². The first-order valence-corrected chi connectivity index (χ1v) is 7.47. The van der Waals surface area contributed by atoms with Gasteiger partial charge in [0.25, 0.3) is 0 Å². The second-order valence-electron chi connectivity index (χ2n) is 5.14.